The lowest BCUT2D eigenvalue weighted by Crippen LogP contribution is -2.63. The van der Waals surface area contributed by atoms with Crippen LogP contribution in [0.5, 0.6) is 5.75 Å². The molecule has 6 rings (SSSR count). The van der Waals surface area contributed by atoms with Crippen molar-refractivity contribution in [1.29, 1.82) is 0 Å². The van der Waals surface area contributed by atoms with Crippen molar-refractivity contribution < 1.29 is 90.8 Å². The van der Waals surface area contributed by atoms with Crippen molar-refractivity contribution in [3.63, 3.8) is 0 Å². The molecule has 5 heterocycles. The number of carbonyl (C=O) groups excluding carboxylic acids is 7. The number of nitrogens with one attached hydrogen (secondary N) is 2. The number of esters is 1. The van der Waals surface area contributed by atoms with Crippen molar-refractivity contribution in [3.05, 3.63) is 58.7 Å². The van der Waals surface area contributed by atoms with Gasteiger partial charge in [0.1, 0.15) is 34.7 Å². The van der Waals surface area contributed by atoms with Crippen molar-refractivity contribution in [1.82, 2.24) is 20.4 Å². The van der Waals surface area contributed by atoms with Crippen LogP contribution < -0.4 is 20.3 Å². The highest BCUT2D eigenvalue weighted by Crippen LogP contribution is 2.49. The number of halogens is 1. The lowest BCUT2D eigenvalue weighted by Gasteiger charge is -2.42. The Labute approximate surface area is 477 Å². The summed E-state index contributed by atoms with van der Waals surface area (Å²) >= 11 is 6.83. The number of nitrogens with zero attached hydrogens (tertiary/aromatic N) is 3. The minimum Gasteiger partial charge on any atom is -0.495 e. The zero-order valence-corrected chi connectivity index (χ0v) is 48.0. The van der Waals surface area contributed by atoms with E-state index in [9.17, 15) is 38.7 Å². The number of methoxy groups -OCH3 is 2. The number of aliphatic hydroxyl groups is 1. The summed E-state index contributed by atoms with van der Waals surface area (Å²) in [6.45, 7) is 10.5. The first kappa shape index (κ1) is 64.6. The molecular weight excluding hydrogens is 1080 g/mol. The number of anilines is 1. The second-order valence-electron chi connectivity index (χ2n) is 20.6. The van der Waals surface area contributed by atoms with E-state index in [0.717, 1.165) is 16.0 Å². The van der Waals surface area contributed by atoms with Crippen molar-refractivity contribution in [2.75, 3.05) is 132 Å². The predicted molar refractivity (Wildman–Crippen MR) is 291 cm³/mol. The minimum absolute atomic E-state index is 0.0233. The van der Waals surface area contributed by atoms with Crippen LogP contribution in [-0.2, 0) is 82.6 Å². The van der Waals surface area contributed by atoms with Gasteiger partial charge in [-0.3, -0.25) is 39.0 Å². The summed E-state index contributed by atoms with van der Waals surface area (Å²) < 4.78 is 62.8. The van der Waals surface area contributed by atoms with Crippen LogP contribution in [0.3, 0.4) is 0 Å². The molecule has 5 aliphatic rings. The van der Waals surface area contributed by atoms with Crippen LogP contribution in [0.4, 0.5) is 10.5 Å². The van der Waals surface area contributed by atoms with E-state index in [4.69, 9.17) is 63.7 Å². The number of carbonyl (C=O) groups is 7. The number of fused-ring (bicyclic) bond motifs is 5. The number of alkyl carbamates (subject to hydrolysis) is 1. The Morgan fingerprint density at radius 2 is 1.44 bits per heavy atom. The number of amides is 6. The maximum Gasteiger partial charge on any atom is 0.409 e. The van der Waals surface area contributed by atoms with Gasteiger partial charge in [-0.1, -0.05) is 42.3 Å². The molecule has 6 amide bonds. The Kier molecular flexibility index (Phi) is 25.3. The lowest BCUT2D eigenvalue weighted by atomic mass is 9.83. The molecule has 0 aromatic heterocycles. The van der Waals surface area contributed by atoms with Crippen LogP contribution in [-0.4, -0.2) is 219 Å². The van der Waals surface area contributed by atoms with Crippen LogP contribution in [0, 0.1) is 11.8 Å². The molecule has 0 aliphatic carbocycles. The second-order valence-corrected chi connectivity index (χ2v) is 20.9. The highest BCUT2D eigenvalue weighted by atomic mass is 35.5. The van der Waals surface area contributed by atoms with Crippen LogP contribution in [0.25, 0.3) is 0 Å². The Morgan fingerprint density at radius 3 is 2.04 bits per heavy atom. The molecule has 0 radical (unpaired) electrons. The second kappa shape index (κ2) is 31.8. The van der Waals surface area contributed by atoms with Crippen LogP contribution in [0.15, 0.2) is 48.1 Å². The molecule has 3 N–H and O–H groups in total. The quantitative estimate of drug-likeness (QED) is 0.0471. The van der Waals surface area contributed by atoms with E-state index in [0.29, 0.717) is 123 Å². The number of hydrogen-bond acceptors (Lipinski definition) is 19. The molecule has 1 aromatic carbocycles. The molecule has 450 valence electrons. The summed E-state index contributed by atoms with van der Waals surface area (Å²) in [5.74, 6) is -2.89. The number of imide groups is 1. The Bertz CT molecular complexity index is 2400. The van der Waals surface area contributed by atoms with Gasteiger partial charge >= 0.3 is 12.1 Å². The van der Waals surface area contributed by atoms with E-state index in [-0.39, 0.29) is 55.7 Å². The molecule has 24 nitrogen and oxygen atoms in total. The minimum atomic E-state index is -1.84. The lowest BCUT2D eigenvalue weighted by molar-refractivity contribution is -0.161. The predicted octanol–water partition coefficient (Wildman–Crippen LogP) is 2.83. The topological polar surface area (TPSA) is 278 Å². The fourth-order valence-electron chi connectivity index (χ4n) is 9.94. The molecule has 7 atom stereocenters. The van der Waals surface area contributed by atoms with Gasteiger partial charge in [0.25, 0.3) is 11.8 Å². The van der Waals surface area contributed by atoms with E-state index >= 15 is 0 Å². The summed E-state index contributed by atoms with van der Waals surface area (Å²) in [5, 5.41) is 17.3. The van der Waals surface area contributed by atoms with Gasteiger partial charge in [-0.15, -0.1) is 0 Å². The standard InChI is InChI=1S/C56H80ClN5O19/c1-37-8-7-9-44(72-6)56(70)36-43(79-54(69)59-56)38(2)52-55(3,81-52)45(35-50(67)60(4)41-33-39(32-37)34-42(71-5)51(41)57)80-53(68)40-12-17-61(18-13-40)47(64)15-20-73-22-24-75-26-28-77-30-31-78-29-27-76-25-23-74-21-16-58-46(63)14-19-62-48(65)10-11-49(62)66/h7-11,33-34,38,40,43-45,52,70H,12-32,35-36H2,1-6H3,(H,58,63)(H,59,69)/b9-7+,37-8+/t38-,43+,44?,45+,52+,55-,56+/m1/s1. The van der Waals surface area contributed by atoms with E-state index in [1.54, 1.807) is 43.2 Å². The fraction of sp³-hybridized carbons (Fsp3) is 0.661. The Morgan fingerprint density at radius 1 is 0.852 bits per heavy atom. The molecule has 1 unspecified atom stereocenters. The Balaban J connectivity index is 0.855. The molecule has 1 aromatic rings. The fourth-order valence-corrected chi connectivity index (χ4v) is 10.3. The van der Waals surface area contributed by atoms with Gasteiger partial charge in [-0.25, -0.2) is 4.79 Å². The number of epoxide rings is 1. The highest BCUT2D eigenvalue weighted by Gasteiger charge is 2.64. The maximum atomic E-state index is 14.3. The van der Waals surface area contributed by atoms with Crippen molar-refractivity contribution in [2.24, 2.45) is 11.8 Å². The van der Waals surface area contributed by atoms with Gasteiger partial charge in [0.15, 0.2) is 5.72 Å². The average molecular weight is 1160 g/mol. The van der Waals surface area contributed by atoms with Gasteiger partial charge in [-0.2, -0.15) is 0 Å². The summed E-state index contributed by atoms with van der Waals surface area (Å²) in [6.07, 6.45) is 4.19. The molecule has 5 aliphatic heterocycles. The average Bonchev–Trinajstić information content (AvgIpc) is 4.27. The van der Waals surface area contributed by atoms with Crippen molar-refractivity contribution in [2.45, 2.75) is 101 Å². The third-order valence-electron chi connectivity index (χ3n) is 14.7. The Hall–Kier alpha value is -5.54. The smallest absolute Gasteiger partial charge is 0.409 e. The monoisotopic (exact) mass is 1160 g/mol. The zero-order chi connectivity index (χ0) is 58.5. The van der Waals surface area contributed by atoms with E-state index in [1.807, 2.05) is 19.9 Å². The maximum absolute atomic E-state index is 14.3. The van der Waals surface area contributed by atoms with Gasteiger partial charge < -0.3 is 72.3 Å². The van der Waals surface area contributed by atoms with Crippen LogP contribution in [0.1, 0.15) is 64.9 Å². The molecule has 0 spiro atoms. The SMILES string of the molecule is COc1cc2cc(c1Cl)N(C)C(=O)C[C@H](OC(=O)C1CCN(C(=O)CCOCCOCCOCCOCCOCCOCCNC(=O)CCN3C(=O)C=CC3=O)CC1)[C@@]1(C)O[C@H]1[C@H](C)[C@@H]1C[C@@](O)(NC(=O)O1)C(OC)/C=C/C=C(\C)C2. The third kappa shape index (κ3) is 19.0. The molecule has 81 heavy (non-hydrogen) atoms. The van der Waals surface area contributed by atoms with Gasteiger partial charge in [0.05, 0.1) is 117 Å². The van der Waals surface area contributed by atoms with E-state index in [2.05, 4.69) is 10.6 Å². The van der Waals surface area contributed by atoms with Crippen LogP contribution >= 0.6 is 11.6 Å². The first-order valence-electron chi connectivity index (χ1n) is 27.5. The normalized spacial score (nSPS) is 26.3. The number of likely N-dealkylation sites (tertiary alicyclic amines) is 1. The number of rotatable bonds is 28. The van der Waals surface area contributed by atoms with Gasteiger partial charge in [0.2, 0.25) is 17.7 Å². The van der Waals surface area contributed by atoms with Crippen LogP contribution in [0.2, 0.25) is 5.02 Å². The van der Waals surface area contributed by atoms with Gasteiger partial charge in [-0.05, 0) is 50.8 Å². The first-order valence-corrected chi connectivity index (χ1v) is 27.9. The summed E-state index contributed by atoms with van der Waals surface area (Å²) in [7, 11) is 4.51. The molecule has 3 fully saturated rings. The summed E-state index contributed by atoms with van der Waals surface area (Å²) in [4.78, 5) is 93.7. The highest BCUT2D eigenvalue weighted by molar-refractivity contribution is 6.35. The van der Waals surface area contributed by atoms with Crippen molar-refractivity contribution >= 4 is 58.9 Å². The number of hydrogen-bond donors (Lipinski definition) is 3. The number of allylic oxidation sites excluding steroid dienone is 3. The number of piperidine rings is 1. The molecule has 3 saturated heterocycles. The zero-order valence-electron chi connectivity index (χ0n) is 47.3. The molecule has 25 heteroatoms. The van der Waals surface area contributed by atoms with E-state index in [1.165, 1.54) is 31.3 Å². The summed E-state index contributed by atoms with van der Waals surface area (Å²) in [6, 6.07) is 3.60. The number of benzene rings is 1. The summed E-state index contributed by atoms with van der Waals surface area (Å²) in [5.41, 5.74) is -0.925. The molecule has 0 saturated carbocycles. The number of ether oxygens (including phenoxy) is 11. The molecule has 4 bridgehead atoms. The van der Waals surface area contributed by atoms with Gasteiger partial charge in [0, 0.05) is 71.2 Å². The largest absolute Gasteiger partial charge is 0.495 e. The first-order chi connectivity index (χ1) is 38.9. The third-order valence-corrected chi connectivity index (χ3v) is 15.1. The molecular formula is C56H80ClN5O19. The van der Waals surface area contributed by atoms with Crippen molar-refractivity contribution in [3.8, 4) is 5.75 Å². The van der Waals surface area contributed by atoms with E-state index < -0.39 is 77.4 Å².